The van der Waals surface area contributed by atoms with Crippen LogP contribution in [0.15, 0.2) is 23.7 Å². The molecule has 0 saturated carbocycles. The smallest absolute Gasteiger partial charge is 0.283 e. The van der Waals surface area contributed by atoms with Crippen molar-refractivity contribution in [2.75, 3.05) is 6.61 Å². The maximum atomic E-state index is 11.3. The lowest BCUT2D eigenvalue weighted by Gasteiger charge is -2.05. The number of carbonyl (C=O) groups excluding carboxylic acids is 1. The van der Waals surface area contributed by atoms with Gasteiger partial charge in [-0.05, 0) is 19.1 Å². The average molecular weight is 292 g/mol. The van der Waals surface area contributed by atoms with Crippen molar-refractivity contribution in [3.63, 3.8) is 0 Å². The minimum Gasteiger partial charge on any atom is -0.375 e. The first-order valence-electron chi connectivity index (χ1n) is 6.14. The van der Waals surface area contributed by atoms with E-state index in [1.54, 1.807) is 23.5 Å². The fraction of sp³-hybridized carbons (Fsp3) is 0.308. The van der Waals surface area contributed by atoms with Crippen molar-refractivity contribution in [3.05, 3.63) is 45.7 Å². The Hall–Kier alpha value is -1.83. The molecule has 0 saturated heterocycles. The zero-order chi connectivity index (χ0) is 14.4. The summed E-state index contributed by atoms with van der Waals surface area (Å²) >= 11 is 1.63. The molecule has 2 heterocycles. The molecule has 0 aliphatic heterocycles. The van der Waals surface area contributed by atoms with E-state index in [4.69, 9.17) is 10.6 Å². The number of hydrazine groups is 1. The summed E-state index contributed by atoms with van der Waals surface area (Å²) in [5.74, 6) is 4.66. The van der Waals surface area contributed by atoms with Crippen molar-refractivity contribution in [2.24, 2.45) is 5.84 Å². The predicted octanol–water partition coefficient (Wildman–Crippen LogP) is 1.21. The summed E-state index contributed by atoms with van der Waals surface area (Å²) in [6.45, 7) is 2.95. The van der Waals surface area contributed by atoms with E-state index in [2.05, 4.69) is 15.4 Å². The van der Waals surface area contributed by atoms with Crippen molar-refractivity contribution in [1.29, 1.82) is 0 Å². The molecule has 2 aromatic rings. The number of hydrogen-bond acceptors (Lipinski definition) is 6. The monoisotopic (exact) mass is 292 g/mol. The molecule has 6 nitrogen and oxygen atoms in total. The highest BCUT2D eigenvalue weighted by molar-refractivity contribution is 7.09. The van der Waals surface area contributed by atoms with Crippen LogP contribution in [0.3, 0.4) is 0 Å². The molecule has 7 heteroatoms. The van der Waals surface area contributed by atoms with Crippen LogP contribution in [-0.2, 0) is 17.8 Å². The summed E-state index contributed by atoms with van der Waals surface area (Å²) in [6, 6.07) is 5.17. The quantitative estimate of drug-likeness (QED) is 0.361. The third-order valence-corrected chi connectivity index (χ3v) is 3.73. The second-order valence-electron chi connectivity index (χ2n) is 4.15. The number of nitrogens with one attached hydrogen (secondary N) is 1. The maximum absolute atomic E-state index is 11.3. The van der Waals surface area contributed by atoms with Gasteiger partial charge in [0.05, 0.1) is 30.1 Å². The van der Waals surface area contributed by atoms with Gasteiger partial charge >= 0.3 is 0 Å². The Labute approximate surface area is 121 Å². The summed E-state index contributed by atoms with van der Waals surface area (Å²) in [6.07, 6.45) is 0.833. The molecule has 106 valence electrons. The summed E-state index contributed by atoms with van der Waals surface area (Å²) in [5, 5.41) is 0. The topological polar surface area (TPSA) is 90.1 Å². The highest BCUT2D eigenvalue weighted by Crippen LogP contribution is 2.12. The fourth-order valence-electron chi connectivity index (χ4n) is 1.67. The van der Waals surface area contributed by atoms with Crippen LogP contribution in [-0.4, -0.2) is 22.5 Å². The molecule has 0 aliphatic rings. The standard InChI is InChI=1S/C13H16N4O2S/c1-9-12(20-8-15-9)5-6-19-7-10-3-2-4-11(16-10)13(18)17-14/h2-4,8H,5-7,14H2,1H3,(H,17,18). The number of amides is 1. The van der Waals surface area contributed by atoms with E-state index in [0.29, 0.717) is 18.9 Å². The first-order valence-corrected chi connectivity index (χ1v) is 7.02. The van der Waals surface area contributed by atoms with Crippen molar-refractivity contribution in [2.45, 2.75) is 20.0 Å². The van der Waals surface area contributed by atoms with E-state index in [-0.39, 0.29) is 5.69 Å². The highest BCUT2D eigenvalue weighted by Gasteiger charge is 2.06. The lowest BCUT2D eigenvalue weighted by Crippen LogP contribution is -2.30. The van der Waals surface area contributed by atoms with Gasteiger partial charge in [-0.15, -0.1) is 11.3 Å². The lowest BCUT2D eigenvalue weighted by molar-refractivity contribution is 0.0946. The fourth-order valence-corrected chi connectivity index (χ4v) is 2.43. The molecule has 0 fully saturated rings. The van der Waals surface area contributed by atoms with E-state index < -0.39 is 5.91 Å². The van der Waals surface area contributed by atoms with Crippen molar-refractivity contribution in [1.82, 2.24) is 15.4 Å². The van der Waals surface area contributed by atoms with Crippen LogP contribution in [0.2, 0.25) is 0 Å². The number of rotatable bonds is 6. The van der Waals surface area contributed by atoms with E-state index in [1.165, 1.54) is 4.88 Å². The minimum atomic E-state index is -0.410. The second kappa shape index (κ2) is 7.09. The van der Waals surface area contributed by atoms with Crippen LogP contribution in [0, 0.1) is 6.92 Å². The van der Waals surface area contributed by atoms with Gasteiger partial charge in [-0.2, -0.15) is 0 Å². The zero-order valence-electron chi connectivity index (χ0n) is 11.1. The van der Waals surface area contributed by atoms with E-state index in [9.17, 15) is 4.79 Å². The van der Waals surface area contributed by atoms with Crippen LogP contribution in [0.4, 0.5) is 0 Å². The first-order chi connectivity index (χ1) is 9.70. The molecule has 0 aromatic carbocycles. The number of nitrogens with two attached hydrogens (primary N) is 1. The molecule has 0 atom stereocenters. The van der Waals surface area contributed by atoms with Crippen LogP contribution < -0.4 is 11.3 Å². The van der Waals surface area contributed by atoms with Crippen molar-refractivity contribution in [3.8, 4) is 0 Å². The van der Waals surface area contributed by atoms with Gasteiger partial charge in [0.1, 0.15) is 5.69 Å². The Morgan fingerprint density at radius 2 is 2.35 bits per heavy atom. The SMILES string of the molecule is Cc1ncsc1CCOCc1cccc(C(=O)NN)n1. The number of carbonyl (C=O) groups is 1. The summed E-state index contributed by atoms with van der Waals surface area (Å²) in [5.41, 5.74) is 5.93. The molecule has 2 rings (SSSR count). The second-order valence-corrected chi connectivity index (χ2v) is 5.09. The van der Waals surface area contributed by atoms with Gasteiger partial charge in [0, 0.05) is 11.3 Å². The number of nitrogen functional groups attached to an aromatic ring is 1. The Kier molecular flexibility index (Phi) is 5.16. The van der Waals surface area contributed by atoms with Gasteiger partial charge in [0.15, 0.2) is 0 Å². The number of pyridine rings is 1. The number of aryl methyl sites for hydroxylation is 1. The van der Waals surface area contributed by atoms with Crippen LogP contribution in [0.1, 0.15) is 26.8 Å². The molecule has 20 heavy (non-hydrogen) atoms. The summed E-state index contributed by atoms with van der Waals surface area (Å²) in [7, 11) is 0. The van der Waals surface area contributed by atoms with Gasteiger partial charge in [-0.25, -0.2) is 15.8 Å². The van der Waals surface area contributed by atoms with Gasteiger partial charge in [-0.3, -0.25) is 10.2 Å². The largest absolute Gasteiger partial charge is 0.375 e. The average Bonchev–Trinajstić information content (AvgIpc) is 2.88. The molecule has 0 aliphatic carbocycles. The third-order valence-electron chi connectivity index (χ3n) is 2.74. The van der Waals surface area contributed by atoms with E-state index in [1.807, 2.05) is 18.5 Å². The molecule has 0 spiro atoms. The molecule has 1 amide bonds. The van der Waals surface area contributed by atoms with Gasteiger partial charge in [0.2, 0.25) is 0 Å². The minimum absolute atomic E-state index is 0.284. The Morgan fingerprint density at radius 1 is 1.50 bits per heavy atom. The molecular weight excluding hydrogens is 276 g/mol. The molecular formula is C13H16N4O2S. The van der Waals surface area contributed by atoms with Crippen molar-refractivity contribution >= 4 is 17.2 Å². The molecule has 2 aromatic heterocycles. The van der Waals surface area contributed by atoms with Crippen molar-refractivity contribution < 1.29 is 9.53 Å². The van der Waals surface area contributed by atoms with Gasteiger partial charge in [-0.1, -0.05) is 6.07 Å². The van der Waals surface area contributed by atoms with E-state index >= 15 is 0 Å². The molecule has 0 unspecified atom stereocenters. The Bertz CT molecular complexity index is 585. The maximum Gasteiger partial charge on any atom is 0.283 e. The van der Waals surface area contributed by atoms with Crippen LogP contribution in [0.25, 0.3) is 0 Å². The zero-order valence-corrected chi connectivity index (χ0v) is 11.9. The highest BCUT2D eigenvalue weighted by atomic mass is 32.1. The van der Waals surface area contributed by atoms with E-state index in [0.717, 1.165) is 12.1 Å². The van der Waals surface area contributed by atoms with Gasteiger partial charge in [0.25, 0.3) is 5.91 Å². The number of aromatic nitrogens is 2. The lowest BCUT2D eigenvalue weighted by atomic mass is 10.3. The molecule has 0 radical (unpaired) electrons. The normalized spacial score (nSPS) is 10.5. The molecule has 0 bridgehead atoms. The summed E-state index contributed by atoms with van der Waals surface area (Å²) < 4.78 is 5.57. The van der Waals surface area contributed by atoms with Crippen LogP contribution in [0.5, 0.6) is 0 Å². The Morgan fingerprint density at radius 3 is 3.05 bits per heavy atom. The first kappa shape index (κ1) is 14.6. The Balaban J connectivity index is 1.82. The van der Waals surface area contributed by atoms with Gasteiger partial charge < -0.3 is 4.74 Å². The number of hydrogen-bond donors (Lipinski definition) is 2. The number of nitrogens with zero attached hydrogens (tertiary/aromatic N) is 2. The number of thiazole rings is 1. The van der Waals surface area contributed by atoms with Crippen LogP contribution >= 0.6 is 11.3 Å². The summed E-state index contributed by atoms with van der Waals surface area (Å²) in [4.78, 5) is 20.9. The predicted molar refractivity (Wildman–Crippen MR) is 76.1 cm³/mol. The number of ether oxygens (including phenoxy) is 1. The molecule has 3 N–H and O–H groups in total. The third kappa shape index (κ3) is 3.83.